The Morgan fingerprint density at radius 2 is 1.95 bits per heavy atom. The van der Waals surface area contributed by atoms with Crippen molar-refractivity contribution in [3.63, 3.8) is 0 Å². The Balaban J connectivity index is 2.25. The molecule has 110 valence electrons. The Morgan fingerprint density at radius 1 is 1.25 bits per heavy atom. The first-order valence-electron chi connectivity index (χ1n) is 6.19. The number of carbonyl (C=O) groups is 3. The molecule has 0 atom stereocenters. The highest BCUT2D eigenvalue weighted by Gasteiger charge is 2.09. The zero-order valence-corrected chi connectivity index (χ0v) is 12.3. The summed E-state index contributed by atoms with van der Waals surface area (Å²) in [4.78, 5) is 36.1. The number of nitrogens with zero attached hydrogens (tertiary/aromatic N) is 1. The maximum atomic E-state index is 11.6. The average molecular weight is 298 g/mol. The summed E-state index contributed by atoms with van der Waals surface area (Å²) < 4.78 is 0. The topological polar surface area (TPSA) is 86.7 Å². The maximum Gasteiger partial charge on any atom is 0.345 e. The summed E-state index contributed by atoms with van der Waals surface area (Å²) in [7, 11) is 3.36. The van der Waals surface area contributed by atoms with Gasteiger partial charge in [-0.1, -0.05) is 0 Å². The van der Waals surface area contributed by atoms with E-state index in [0.717, 1.165) is 16.2 Å². The molecule has 2 N–H and O–H groups in total. The van der Waals surface area contributed by atoms with Crippen LogP contribution in [0.25, 0.3) is 0 Å². The van der Waals surface area contributed by atoms with E-state index in [1.807, 2.05) is 0 Å². The predicted octanol–water partition coefficient (Wildman–Crippen LogP) is 1.32. The fourth-order valence-electron chi connectivity index (χ4n) is 1.49. The van der Waals surface area contributed by atoms with E-state index in [1.165, 1.54) is 11.0 Å². The zero-order valence-electron chi connectivity index (χ0n) is 11.5. The number of aromatic carboxylic acids is 1. The third-order valence-corrected chi connectivity index (χ3v) is 3.70. The molecule has 7 heteroatoms. The van der Waals surface area contributed by atoms with Crippen molar-refractivity contribution in [3.8, 4) is 0 Å². The predicted molar refractivity (Wildman–Crippen MR) is 75.7 cm³/mol. The minimum absolute atomic E-state index is 0.00200. The summed E-state index contributed by atoms with van der Waals surface area (Å²) >= 11 is 1.14. The van der Waals surface area contributed by atoms with Crippen molar-refractivity contribution in [1.82, 2.24) is 10.2 Å². The highest BCUT2D eigenvalue weighted by atomic mass is 32.1. The van der Waals surface area contributed by atoms with Gasteiger partial charge in [-0.15, -0.1) is 11.3 Å². The van der Waals surface area contributed by atoms with Gasteiger partial charge in [0, 0.05) is 31.8 Å². The minimum Gasteiger partial charge on any atom is -0.477 e. The first-order chi connectivity index (χ1) is 9.40. The molecule has 1 heterocycles. The van der Waals surface area contributed by atoms with Crippen LogP contribution in [0, 0.1) is 0 Å². The Hall–Kier alpha value is -1.89. The molecule has 2 amide bonds. The SMILES string of the molecule is CN(C)C(=O)CCCC(=O)NCc1ccc(C(=O)O)s1. The van der Waals surface area contributed by atoms with Crippen LogP contribution >= 0.6 is 11.3 Å². The standard InChI is InChI=1S/C13H18N2O4S/c1-15(2)12(17)5-3-4-11(16)14-8-9-6-7-10(20-9)13(18)19/h6-7H,3-5,8H2,1-2H3,(H,14,16)(H,18,19). The summed E-state index contributed by atoms with van der Waals surface area (Å²) in [5.41, 5.74) is 0. The minimum atomic E-state index is -0.963. The van der Waals surface area contributed by atoms with Crippen LogP contribution in [-0.2, 0) is 16.1 Å². The van der Waals surface area contributed by atoms with E-state index in [-0.39, 0.29) is 23.1 Å². The highest BCUT2D eigenvalue weighted by molar-refractivity contribution is 7.13. The molecule has 6 nitrogen and oxygen atoms in total. The Morgan fingerprint density at radius 3 is 2.50 bits per heavy atom. The molecule has 0 aliphatic rings. The number of hydrogen-bond acceptors (Lipinski definition) is 4. The van der Waals surface area contributed by atoms with Gasteiger partial charge in [-0.2, -0.15) is 0 Å². The van der Waals surface area contributed by atoms with E-state index in [4.69, 9.17) is 5.11 Å². The molecule has 1 aromatic heterocycles. The van der Waals surface area contributed by atoms with Gasteiger partial charge in [0.2, 0.25) is 11.8 Å². The largest absolute Gasteiger partial charge is 0.477 e. The van der Waals surface area contributed by atoms with Crippen LogP contribution in [-0.4, -0.2) is 41.9 Å². The van der Waals surface area contributed by atoms with Crippen LogP contribution in [0.5, 0.6) is 0 Å². The van der Waals surface area contributed by atoms with Crippen LogP contribution in [0.4, 0.5) is 0 Å². The molecule has 0 saturated carbocycles. The Kier molecular flexibility index (Phi) is 6.17. The summed E-state index contributed by atoms with van der Waals surface area (Å²) in [6.45, 7) is 0.318. The molecule has 1 aromatic rings. The third-order valence-electron chi connectivity index (χ3n) is 2.63. The maximum absolute atomic E-state index is 11.6. The van der Waals surface area contributed by atoms with E-state index in [9.17, 15) is 14.4 Å². The van der Waals surface area contributed by atoms with Gasteiger partial charge in [-0.05, 0) is 18.6 Å². The molecule has 0 aromatic carbocycles. The van der Waals surface area contributed by atoms with E-state index in [0.29, 0.717) is 19.4 Å². The van der Waals surface area contributed by atoms with E-state index in [2.05, 4.69) is 5.32 Å². The van der Waals surface area contributed by atoms with Crippen LogP contribution in [0.1, 0.15) is 33.8 Å². The van der Waals surface area contributed by atoms with Crippen LogP contribution in [0.3, 0.4) is 0 Å². The monoisotopic (exact) mass is 298 g/mol. The molecular formula is C13H18N2O4S. The number of carboxylic acids is 1. The molecule has 1 rings (SSSR count). The molecule has 0 aliphatic carbocycles. The van der Waals surface area contributed by atoms with Crippen molar-refractivity contribution in [2.45, 2.75) is 25.8 Å². The van der Waals surface area contributed by atoms with Crippen LogP contribution in [0.15, 0.2) is 12.1 Å². The van der Waals surface area contributed by atoms with Crippen LogP contribution in [0.2, 0.25) is 0 Å². The molecule has 0 saturated heterocycles. The van der Waals surface area contributed by atoms with Crippen molar-refractivity contribution < 1.29 is 19.5 Å². The van der Waals surface area contributed by atoms with Crippen molar-refractivity contribution in [3.05, 3.63) is 21.9 Å². The molecular weight excluding hydrogens is 280 g/mol. The first-order valence-corrected chi connectivity index (χ1v) is 7.00. The zero-order chi connectivity index (χ0) is 15.1. The van der Waals surface area contributed by atoms with Gasteiger partial charge < -0.3 is 15.3 Å². The van der Waals surface area contributed by atoms with E-state index >= 15 is 0 Å². The Bertz CT molecular complexity index is 496. The second-order valence-electron chi connectivity index (χ2n) is 4.49. The number of carbonyl (C=O) groups excluding carboxylic acids is 2. The van der Waals surface area contributed by atoms with Gasteiger partial charge in [0.25, 0.3) is 0 Å². The lowest BCUT2D eigenvalue weighted by molar-refractivity contribution is -0.129. The second-order valence-corrected chi connectivity index (χ2v) is 5.66. The number of thiophene rings is 1. The summed E-state index contributed by atoms with van der Waals surface area (Å²) in [6, 6.07) is 3.20. The molecule has 0 bridgehead atoms. The van der Waals surface area contributed by atoms with Gasteiger partial charge in [0.1, 0.15) is 4.88 Å². The lowest BCUT2D eigenvalue weighted by atomic mass is 10.2. The van der Waals surface area contributed by atoms with Crippen molar-refractivity contribution in [1.29, 1.82) is 0 Å². The lowest BCUT2D eigenvalue weighted by Crippen LogP contribution is -2.24. The first kappa shape index (κ1) is 16.2. The number of hydrogen-bond donors (Lipinski definition) is 2. The van der Waals surface area contributed by atoms with Gasteiger partial charge in [0.15, 0.2) is 0 Å². The molecule has 0 fully saturated rings. The number of nitrogens with one attached hydrogen (secondary N) is 1. The number of amides is 2. The number of carboxylic acid groups (broad SMARTS) is 1. The lowest BCUT2D eigenvalue weighted by Gasteiger charge is -2.09. The van der Waals surface area contributed by atoms with Crippen molar-refractivity contribution in [2.75, 3.05) is 14.1 Å². The van der Waals surface area contributed by atoms with Crippen molar-refractivity contribution in [2.24, 2.45) is 0 Å². The van der Waals surface area contributed by atoms with Gasteiger partial charge in [0.05, 0.1) is 6.54 Å². The molecule has 0 aliphatic heterocycles. The van der Waals surface area contributed by atoms with Gasteiger partial charge >= 0.3 is 5.97 Å². The fourth-order valence-corrected chi connectivity index (χ4v) is 2.27. The van der Waals surface area contributed by atoms with Crippen LogP contribution < -0.4 is 5.32 Å². The fraction of sp³-hybridized carbons (Fsp3) is 0.462. The normalized spacial score (nSPS) is 10.1. The van der Waals surface area contributed by atoms with E-state index in [1.54, 1.807) is 20.2 Å². The quantitative estimate of drug-likeness (QED) is 0.795. The molecule has 0 spiro atoms. The third kappa shape index (κ3) is 5.40. The summed E-state index contributed by atoms with van der Waals surface area (Å²) in [5.74, 6) is -1.10. The Labute approximate surface area is 121 Å². The molecule has 0 unspecified atom stereocenters. The highest BCUT2D eigenvalue weighted by Crippen LogP contribution is 2.16. The smallest absolute Gasteiger partial charge is 0.345 e. The van der Waals surface area contributed by atoms with Gasteiger partial charge in [-0.25, -0.2) is 4.79 Å². The number of rotatable bonds is 7. The summed E-state index contributed by atoms with van der Waals surface area (Å²) in [6.07, 6.45) is 1.15. The summed E-state index contributed by atoms with van der Waals surface area (Å²) in [5, 5.41) is 11.5. The van der Waals surface area contributed by atoms with Crippen molar-refractivity contribution >= 4 is 29.1 Å². The molecule has 0 radical (unpaired) electrons. The van der Waals surface area contributed by atoms with Gasteiger partial charge in [-0.3, -0.25) is 9.59 Å². The second kappa shape index (κ2) is 7.64. The molecule has 20 heavy (non-hydrogen) atoms. The van der Waals surface area contributed by atoms with E-state index < -0.39 is 5.97 Å². The average Bonchev–Trinajstić information content (AvgIpc) is 2.85.